The first-order chi connectivity index (χ1) is 14.3. The van der Waals surface area contributed by atoms with Crippen LogP contribution < -0.4 is 4.90 Å². The number of carbonyl (C=O) groups excluding carboxylic acids is 2. The van der Waals surface area contributed by atoms with E-state index < -0.39 is 39.8 Å². The van der Waals surface area contributed by atoms with Crippen LogP contribution in [0.3, 0.4) is 0 Å². The highest BCUT2D eigenvalue weighted by atomic mass is 32.1. The molecule has 1 aliphatic heterocycles. The van der Waals surface area contributed by atoms with Gasteiger partial charge in [0.15, 0.2) is 16.7 Å². The molecule has 0 radical (unpaired) electrons. The number of thiazole rings is 1. The number of halogens is 1. The fourth-order valence-electron chi connectivity index (χ4n) is 3.17. The second-order valence-corrected chi connectivity index (χ2v) is 7.33. The minimum Gasteiger partial charge on any atom is -0.503 e. The molecule has 1 aliphatic rings. The van der Waals surface area contributed by atoms with Crippen molar-refractivity contribution in [3.05, 3.63) is 86.9 Å². The summed E-state index contributed by atoms with van der Waals surface area (Å²) in [5.74, 6) is -3.19. The zero-order valence-corrected chi connectivity index (χ0v) is 16.1. The van der Waals surface area contributed by atoms with E-state index in [2.05, 4.69) is 4.98 Å². The van der Waals surface area contributed by atoms with Gasteiger partial charge in [0.2, 0.25) is 5.78 Å². The van der Waals surface area contributed by atoms with Crippen LogP contribution in [0.4, 0.5) is 14.5 Å². The standard InChI is InChI=1S/C19H12FN3O6S/c1-9-6-7-12(29-9)16(24)14-15(10-4-2-3-5-11(10)20)22(18(26)17(14)25)19-21-8-13(30-19)23(27)28/h2-8,15,25H,1H3. The van der Waals surface area contributed by atoms with Gasteiger partial charge in [0, 0.05) is 5.56 Å². The average molecular weight is 429 g/mol. The Kier molecular flexibility index (Phi) is 4.66. The molecule has 0 spiro atoms. The number of hydrogen-bond donors (Lipinski definition) is 1. The van der Waals surface area contributed by atoms with Gasteiger partial charge in [-0.1, -0.05) is 18.2 Å². The molecule has 1 aromatic carbocycles. The van der Waals surface area contributed by atoms with Crippen LogP contribution in [-0.4, -0.2) is 26.7 Å². The molecule has 11 heteroatoms. The molecule has 0 aliphatic carbocycles. The van der Waals surface area contributed by atoms with Gasteiger partial charge in [-0.2, -0.15) is 0 Å². The van der Waals surface area contributed by atoms with Crippen molar-refractivity contribution < 1.29 is 28.4 Å². The summed E-state index contributed by atoms with van der Waals surface area (Å²) in [6, 6.07) is 6.93. The molecular formula is C19H12FN3O6S. The van der Waals surface area contributed by atoms with Crippen LogP contribution in [0, 0.1) is 22.9 Å². The minimum atomic E-state index is -1.39. The van der Waals surface area contributed by atoms with E-state index in [1.54, 1.807) is 6.92 Å². The van der Waals surface area contributed by atoms with Gasteiger partial charge >= 0.3 is 5.00 Å². The summed E-state index contributed by atoms with van der Waals surface area (Å²) in [5, 5.41) is 21.0. The monoisotopic (exact) mass is 429 g/mol. The predicted molar refractivity (Wildman–Crippen MR) is 103 cm³/mol. The number of hydrogen-bond acceptors (Lipinski definition) is 8. The summed E-state index contributed by atoms with van der Waals surface area (Å²) in [6.07, 6.45) is 0.943. The number of nitrogens with zero attached hydrogens (tertiary/aromatic N) is 3. The molecule has 0 saturated heterocycles. The van der Waals surface area contributed by atoms with Crippen molar-refractivity contribution in [1.82, 2.24) is 4.98 Å². The van der Waals surface area contributed by atoms with Gasteiger partial charge in [0.25, 0.3) is 5.91 Å². The molecule has 0 saturated carbocycles. The highest BCUT2D eigenvalue weighted by molar-refractivity contribution is 7.18. The van der Waals surface area contributed by atoms with Crippen LogP contribution >= 0.6 is 11.3 Å². The molecule has 0 bridgehead atoms. The number of aromatic nitrogens is 1. The highest BCUT2D eigenvalue weighted by Crippen LogP contribution is 2.44. The molecule has 4 rings (SSSR count). The SMILES string of the molecule is Cc1ccc(C(=O)C2=C(O)C(=O)N(c3ncc([N+](=O)[O-])s3)C2c2ccccc2F)o1. The Morgan fingerprint density at radius 1 is 1.33 bits per heavy atom. The fourth-order valence-corrected chi connectivity index (χ4v) is 3.93. The summed E-state index contributed by atoms with van der Waals surface area (Å²) in [7, 11) is 0. The lowest BCUT2D eigenvalue weighted by atomic mass is 9.95. The van der Waals surface area contributed by atoms with Gasteiger partial charge in [0.1, 0.15) is 23.8 Å². The lowest BCUT2D eigenvalue weighted by Gasteiger charge is -2.24. The summed E-state index contributed by atoms with van der Waals surface area (Å²) >= 11 is 0.562. The Labute approximate surface area is 171 Å². The third-order valence-corrected chi connectivity index (χ3v) is 5.43. The number of aliphatic hydroxyl groups is 1. The van der Waals surface area contributed by atoms with E-state index in [9.17, 15) is 29.2 Å². The molecule has 1 amide bonds. The second-order valence-electron chi connectivity index (χ2n) is 6.34. The van der Waals surface area contributed by atoms with Gasteiger partial charge in [-0.3, -0.25) is 24.6 Å². The largest absolute Gasteiger partial charge is 0.503 e. The van der Waals surface area contributed by atoms with E-state index >= 15 is 0 Å². The van der Waals surface area contributed by atoms with E-state index in [1.165, 1.54) is 30.3 Å². The van der Waals surface area contributed by atoms with Crippen LogP contribution in [0.2, 0.25) is 0 Å². The molecule has 1 unspecified atom stereocenters. The van der Waals surface area contributed by atoms with Crippen molar-refractivity contribution in [3.63, 3.8) is 0 Å². The van der Waals surface area contributed by atoms with Gasteiger partial charge in [-0.05, 0) is 36.5 Å². The first kappa shape index (κ1) is 19.5. The molecule has 152 valence electrons. The normalized spacial score (nSPS) is 16.4. The molecular weight excluding hydrogens is 417 g/mol. The Bertz CT molecular complexity index is 1230. The zero-order chi connectivity index (χ0) is 21.6. The van der Waals surface area contributed by atoms with Crippen LogP contribution in [0.25, 0.3) is 0 Å². The number of anilines is 1. The Morgan fingerprint density at radius 3 is 2.67 bits per heavy atom. The predicted octanol–water partition coefficient (Wildman–Crippen LogP) is 3.87. The minimum absolute atomic E-state index is 0.0839. The summed E-state index contributed by atoms with van der Waals surface area (Å²) in [4.78, 5) is 41.0. The molecule has 9 nitrogen and oxygen atoms in total. The van der Waals surface area contributed by atoms with Crippen LogP contribution in [-0.2, 0) is 4.79 Å². The number of aryl methyl sites for hydroxylation is 1. The number of nitro groups is 1. The van der Waals surface area contributed by atoms with E-state index in [1.807, 2.05) is 0 Å². The third-order valence-electron chi connectivity index (χ3n) is 4.48. The number of benzene rings is 1. The lowest BCUT2D eigenvalue weighted by Crippen LogP contribution is -2.31. The third kappa shape index (κ3) is 3.05. The molecule has 0 fully saturated rings. The van der Waals surface area contributed by atoms with Crippen molar-refractivity contribution in [2.75, 3.05) is 4.90 Å². The number of amides is 1. The number of aliphatic hydroxyl groups excluding tert-OH is 1. The van der Waals surface area contributed by atoms with Crippen molar-refractivity contribution in [1.29, 1.82) is 0 Å². The van der Waals surface area contributed by atoms with E-state index in [0.29, 0.717) is 17.1 Å². The van der Waals surface area contributed by atoms with Gasteiger partial charge in [-0.15, -0.1) is 0 Å². The highest BCUT2D eigenvalue weighted by Gasteiger charge is 2.47. The second kappa shape index (κ2) is 7.19. The lowest BCUT2D eigenvalue weighted by molar-refractivity contribution is -0.380. The Morgan fingerprint density at radius 2 is 2.07 bits per heavy atom. The summed E-state index contributed by atoms with van der Waals surface area (Å²) < 4.78 is 20.0. The average Bonchev–Trinajstić information content (AvgIpc) is 3.41. The Balaban J connectivity index is 1.89. The number of ketones is 1. The molecule has 1 N–H and O–H groups in total. The van der Waals surface area contributed by atoms with Gasteiger partial charge in [0.05, 0.1) is 10.5 Å². The quantitative estimate of drug-likeness (QED) is 0.370. The topological polar surface area (TPSA) is 127 Å². The Hall–Kier alpha value is -3.86. The van der Waals surface area contributed by atoms with Crippen molar-refractivity contribution in [2.45, 2.75) is 13.0 Å². The number of furan rings is 1. The molecule has 30 heavy (non-hydrogen) atoms. The maximum absolute atomic E-state index is 14.7. The van der Waals surface area contributed by atoms with E-state index in [0.717, 1.165) is 17.2 Å². The first-order valence-electron chi connectivity index (χ1n) is 8.52. The van der Waals surface area contributed by atoms with Crippen LogP contribution in [0.5, 0.6) is 0 Å². The van der Waals surface area contributed by atoms with Crippen molar-refractivity contribution in [2.24, 2.45) is 0 Å². The van der Waals surface area contributed by atoms with E-state index in [4.69, 9.17) is 4.42 Å². The first-order valence-corrected chi connectivity index (χ1v) is 9.33. The maximum atomic E-state index is 14.7. The van der Waals surface area contributed by atoms with Gasteiger partial charge < -0.3 is 9.52 Å². The molecule has 3 aromatic rings. The van der Waals surface area contributed by atoms with Gasteiger partial charge in [-0.25, -0.2) is 9.37 Å². The number of rotatable bonds is 5. The molecule has 1 atom stereocenters. The van der Waals surface area contributed by atoms with Crippen molar-refractivity contribution in [3.8, 4) is 0 Å². The fraction of sp³-hybridized carbons (Fsp3) is 0.105. The van der Waals surface area contributed by atoms with Crippen LogP contribution in [0.15, 0.2) is 58.3 Å². The summed E-state index contributed by atoms with van der Waals surface area (Å²) in [5.41, 5.74) is -0.489. The number of Topliss-reactive ketones (excluding diaryl/α,β-unsaturated/α-hetero) is 1. The zero-order valence-electron chi connectivity index (χ0n) is 15.2. The molecule has 2 aromatic heterocycles. The maximum Gasteiger partial charge on any atom is 0.345 e. The van der Waals surface area contributed by atoms with Crippen LogP contribution in [0.1, 0.15) is 27.9 Å². The summed E-state index contributed by atoms with van der Waals surface area (Å²) in [6.45, 7) is 1.61. The van der Waals surface area contributed by atoms with E-state index in [-0.39, 0.29) is 21.5 Å². The smallest absolute Gasteiger partial charge is 0.345 e. The van der Waals surface area contributed by atoms with Crippen molar-refractivity contribution >= 4 is 33.2 Å². The number of carbonyl (C=O) groups is 2. The molecule has 3 heterocycles.